The molecule has 0 aromatic heterocycles. The molecule has 1 aliphatic carbocycles. The first-order valence-corrected chi connectivity index (χ1v) is 7.95. The second kappa shape index (κ2) is 5.97. The van der Waals surface area contributed by atoms with Crippen LogP contribution in [0.5, 0.6) is 0 Å². The summed E-state index contributed by atoms with van der Waals surface area (Å²) in [5.41, 5.74) is 2.18. The van der Waals surface area contributed by atoms with Crippen LogP contribution in [-0.4, -0.2) is 12.2 Å². The Bertz CT molecular complexity index is 479. The third-order valence-corrected chi connectivity index (χ3v) is 5.01. The lowest BCUT2D eigenvalue weighted by atomic mass is 9.77. The van der Waals surface area contributed by atoms with E-state index in [4.69, 9.17) is 10.00 Å². The van der Waals surface area contributed by atoms with E-state index >= 15 is 0 Å². The van der Waals surface area contributed by atoms with Crippen molar-refractivity contribution in [3.05, 3.63) is 35.4 Å². The number of hydrogen-bond donors (Lipinski definition) is 0. The van der Waals surface area contributed by atoms with E-state index in [1.54, 1.807) is 0 Å². The number of rotatable bonds is 4. The van der Waals surface area contributed by atoms with Gasteiger partial charge in [-0.25, -0.2) is 0 Å². The van der Waals surface area contributed by atoms with Gasteiger partial charge in [-0.2, -0.15) is 5.26 Å². The van der Waals surface area contributed by atoms with Crippen LogP contribution in [-0.2, 0) is 4.74 Å². The van der Waals surface area contributed by atoms with E-state index in [1.807, 2.05) is 12.1 Å². The van der Waals surface area contributed by atoms with Crippen molar-refractivity contribution < 1.29 is 4.74 Å². The fraction of sp³-hybridized carbons (Fsp3) is 0.611. The molecule has 1 aromatic rings. The number of benzene rings is 1. The van der Waals surface area contributed by atoms with Gasteiger partial charge in [0, 0.05) is 0 Å². The summed E-state index contributed by atoms with van der Waals surface area (Å²) in [5.74, 6) is 1.56. The Labute approximate surface area is 121 Å². The molecule has 1 saturated heterocycles. The number of hydrogen-bond acceptors (Lipinski definition) is 2. The standard InChI is InChI=1S/C18H23NO/c1-2-17-18(20-17)11-13-3-7-15(8-4-13)16-9-5-14(12-19)6-10-16/h5-6,9-10,13,15,17-18H,2-4,7-8,11H2,1H3. The molecule has 106 valence electrons. The molecule has 2 nitrogen and oxygen atoms in total. The van der Waals surface area contributed by atoms with Crippen LogP contribution in [0.3, 0.4) is 0 Å². The van der Waals surface area contributed by atoms with E-state index < -0.39 is 0 Å². The van der Waals surface area contributed by atoms with Crippen molar-refractivity contribution in [1.82, 2.24) is 0 Å². The molecule has 1 aliphatic heterocycles. The lowest BCUT2D eigenvalue weighted by Crippen LogP contribution is -2.15. The lowest BCUT2D eigenvalue weighted by molar-refractivity contribution is 0.273. The second-order valence-electron chi connectivity index (χ2n) is 6.31. The van der Waals surface area contributed by atoms with Crippen LogP contribution in [0.1, 0.15) is 62.5 Å². The van der Waals surface area contributed by atoms with Crippen molar-refractivity contribution in [3.8, 4) is 6.07 Å². The second-order valence-corrected chi connectivity index (χ2v) is 6.31. The van der Waals surface area contributed by atoms with Gasteiger partial charge in [0.25, 0.3) is 0 Å². The predicted molar refractivity (Wildman–Crippen MR) is 79.4 cm³/mol. The van der Waals surface area contributed by atoms with Crippen molar-refractivity contribution in [2.75, 3.05) is 0 Å². The highest BCUT2D eigenvalue weighted by Crippen LogP contribution is 2.41. The van der Waals surface area contributed by atoms with E-state index in [0.29, 0.717) is 18.1 Å². The summed E-state index contributed by atoms with van der Waals surface area (Å²) in [4.78, 5) is 0. The molecule has 0 spiro atoms. The zero-order valence-electron chi connectivity index (χ0n) is 12.2. The summed E-state index contributed by atoms with van der Waals surface area (Å²) in [7, 11) is 0. The molecule has 2 fully saturated rings. The van der Waals surface area contributed by atoms with Crippen LogP contribution in [0, 0.1) is 17.2 Å². The van der Waals surface area contributed by atoms with Gasteiger partial charge < -0.3 is 4.74 Å². The Hall–Kier alpha value is -1.33. The van der Waals surface area contributed by atoms with Crippen molar-refractivity contribution in [1.29, 1.82) is 5.26 Å². The first-order valence-electron chi connectivity index (χ1n) is 7.95. The summed E-state index contributed by atoms with van der Waals surface area (Å²) < 4.78 is 5.68. The Morgan fingerprint density at radius 2 is 1.80 bits per heavy atom. The van der Waals surface area contributed by atoms with Crippen LogP contribution in [0.2, 0.25) is 0 Å². The smallest absolute Gasteiger partial charge is 0.0991 e. The fourth-order valence-electron chi connectivity index (χ4n) is 3.64. The van der Waals surface area contributed by atoms with Gasteiger partial charge in [-0.05, 0) is 68.1 Å². The Morgan fingerprint density at radius 1 is 1.10 bits per heavy atom. The molecule has 2 heteroatoms. The van der Waals surface area contributed by atoms with Crippen LogP contribution < -0.4 is 0 Å². The normalized spacial score (nSPS) is 32.6. The summed E-state index contributed by atoms with van der Waals surface area (Å²) in [6, 6.07) is 10.4. The van der Waals surface area contributed by atoms with Crippen molar-refractivity contribution >= 4 is 0 Å². The third-order valence-electron chi connectivity index (χ3n) is 5.01. The fourth-order valence-corrected chi connectivity index (χ4v) is 3.64. The van der Waals surface area contributed by atoms with Crippen LogP contribution in [0.25, 0.3) is 0 Å². The maximum absolute atomic E-state index is 8.84. The molecule has 1 heterocycles. The average Bonchev–Trinajstić information content (AvgIpc) is 3.26. The summed E-state index contributed by atoms with van der Waals surface area (Å²) in [6.45, 7) is 2.21. The van der Waals surface area contributed by atoms with Crippen LogP contribution in [0.4, 0.5) is 0 Å². The zero-order valence-corrected chi connectivity index (χ0v) is 12.2. The number of epoxide rings is 1. The van der Waals surface area contributed by atoms with Gasteiger partial charge in [-0.1, -0.05) is 19.1 Å². The molecular weight excluding hydrogens is 246 g/mol. The van der Waals surface area contributed by atoms with Crippen LogP contribution >= 0.6 is 0 Å². The topological polar surface area (TPSA) is 36.3 Å². The first-order chi connectivity index (χ1) is 9.80. The van der Waals surface area contributed by atoms with Crippen molar-refractivity contribution in [3.63, 3.8) is 0 Å². The van der Waals surface area contributed by atoms with E-state index in [1.165, 1.54) is 44.1 Å². The molecule has 1 saturated carbocycles. The molecule has 2 aliphatic rings. The molecule has 0 amide bonds. The van der Waals surface area contributed by atoms with Gasteiger partial charge in [0.2, 0.25) is 0 Å². The largest absolute Gasteiger partial charge is 0.370 e. The van der Waals surface area contributed by atoms with E-state index in [0.717, 1.165) is 11.5 Å². The Kier molecular flexibility index (Phi) is 4.08. The Morgan fingerprint density at radius 3 is 2.35 bits per heavy atom. The van der Waals surface area contributed by atoms with E-state index in [9.17, 15) is 0 Å². The molecule has 1 aromatic carbocycles. The van der Waals surface area contributed by atoms with Gasteiger partial charge in [-0.15, -0.1) is 0 Å². The number of ether oxygens (including phenoxy) is 1. The van der Waals surface area contributed by atoms with E-state index in [-0.39, 0.29) is 0 Å². The predicted octanol–water partition coefficient (Wildman–Crippen LogP) is 4.40. The van der Waals surface area contributed by atoms with Gasteiger partial charge in [0.15, 0.2) is 0 Å². The Balaban J connectivity index is 1.49. The SMILES string of the molecule is CCC1OC1CC1CCC(c2ccc(C#N)cc2)CC1. The number of nitriles is 1. The summed E-state index contributed by atoms with van der Waals surface area (Å²) in [5, 5.41) is 8.84. The highest BCUT2D eigenvalue weighted by Gasteiger charge is 2.39. The van der Waals surface area contributed by atoms with E-state index in [2.05, 4.69) is 25.1 Å². The van der Waals surface area contributed by atoms with Crippen molar-refractivity contribution in [2.24, 2.45) is 5.92 Å². The molecule has 3 rings (SSSR count). The maximum atomic E-state index is 8.84. The summed E-state index contributed by atoms with van der Waals surface area (Å²) in [6.07, 6.45) is 8.83. The minimum absolute atomic E-state index is 0.561. The quantitative estimate of drug-likeness (QED) is 0.760. The van der Waals surface area contributed by atoms with Gasteiger partial charge >= 0.3 is 0 Å². The monoisotopic (exact) mass is 269 g/mol. The third kappa shape index (κ3) is 3.04. The minimum atomic E-state index is 0.561. The highest BCUT2D eigenvalue weighted by atomic mass is 16.6. The molecule has 2 unspecified atom stereocenters. The van der Waals surface area contributed by atoms with Gasteiger partial charge in [-0.3, -0.25) is 0 Å². The first kappa shape index (κ1) is 13.6. The molecule has 0 N–H and O–H groups in total. The van der Waals surface area contributed by atoms with Gasteiger partial charge in [0.05, 0.1) is 23.8 Å². The molecular formula is C18H23NO. The lowest BCUT2D eigenvalue weighted by Gasteiger charge is -2.28. The van der Waals surface area contributed by atoms with Gasteiger partial charge in [0.1, 0.15) is 0 Å². The molecule has 0 radical (unpaired) electrons. The number of nitrogens with zero attached hydrogens (tertiary/aromatic N) is 1. The summed E-state index contributed by atoms with van der Waals surface area (Å²) >= 11 is 0. The van der Waals surface area contributed by atoms with Crippen LogP contribution in [0.15, 0.2) is 24.3 Å². The average molecular weight is 269 g/mol. The molecule has 2 atom stereocenters. The van der Waals surface area contributed by atoms with Crippen molar-refractivity contribution in [2.45, 2.75) is 63.6 Å². The molecule has 0 bridgehead atoms. The highest BCUT2D eigenvalue weighted by molar-refractivity contribution is 5.33. The minimum Gasteiger partial charge on any atom is -0.370 e. The zero-order chi connectivity index (χ0) is 13.9. The molecule has 20 heavy (non-hydrogen) atoms. The maximum Gasteiger partial charge on any atom is 0.0991 e.